The summed E-state index contributed by atoms with van der Waals surface area (Å²) < 4.78 is 30.3. The van der Waals surface area contributed by atoms with Crippen LogP contribution < -0.4 is 19.5 Å². The molecular weight excluding hydrogens is 503 g/mol. The Labute approximate surface area is 227 Å². The van der Waals surface area contributed by atoms with Gasteiger partial charge in [0.15, 0.2) is 11.5 Å². The quantitative estimate of drug-likeness (QED) is 0.408. The molecule has 206 valence electrons. The molecule has 1 heterocycles. The van der Waals surface area contributed by atoms with E-state index in [-0.39, 0.29) is 24.2 Å². The van der Waals surface area contributed by atoms with Crippen molar-refractivity contribution >= 4 is 11.8 Å². The monoisotopic (exact) mass is 536 g/mol. The number of hydrogen-bond acceptors (Lipinski definition) is 7. The number of carbonyl (C=O) groups excluding carboxylic acids is 2. The minimum atomic E-state index is -1.10. The predicted molar refractivity (Wildman–Crippen MR) is 142 cm³/mol. The molecule has 0 spiro atoms. The first kappa shape index (κ1) is 27.8. The van der Waals surface area contributed by atoms with Gasteiger partial charge in [-0.3, -0.25) is 14.6 Å². The SMILES string of the molecule is COc1cc([C@@H](C(=O)NC2CCCCC2)N(Cc2ccc(F)cc2)C(=O)c2cnccn2)cc(OC)c1OC. The van der Waals surface area contributed by atoms with Gasteiger partial charge in [0.1, 0.15) is 17.6 Å². The largest absolute Gasteiger partial charge is 0.493 e. The summed E-state index contributed by atoms with van der Waals surface area (Å²) >= 11 is 0. The van der Waals surface area contributed by atoms with Crippen molar-refractivity contribution in [2.24, 2.45) is 0 Å². The van der Waals surface area contributed by atoms with Crippen LogP contribution in [-0.4, -0.2) is 54.1 Å². The minimum absolute atomic E-state index is 0.00456. The fourth-order valence-corrected chi connectivity index (χ4v) is 4.88. The van der Waals surface area contributed by atoms with Gasteiger partial charge in [-0.1, -0.05) is 31.4 Å². The fourth-order valence-electron chi connectivity index (χ4n) is 4.88. The van der Waals surface area contributed by atoms with E-state index in [1.54, 1.807) is 24.3 Å². The topological polar surface area (TPSA) is 103 Å². The van der Waals surface area contributed by atoms with Crippen LogP contribution in [0.1, 0.15) is 59.8 Å². The zero-order valence-electron chi connectivity index (χ0n) is 22.4. The zero-order chi connectivity index (χ0) is 27.8. The van der Waals surface area contributed by atoms with E-state index in [2.05, 4.69) is 15.3 Å². The smallest absolute Gasteiger partial charge is 0.275 e. The number of carbonyl (C=O) groups is 2. The second kappa shape index (κ2) is 13.0. The third-order valence-corrected chi connectivity index (χ3v) is 6.82. The second-order valence-electron chi connectivity index (χ2n) is 9.35. The van der Waals surface area contributed by atoms with Crippen molar-refractivity contribution in [1.82, 2.24) is 20.2 Å². The van der Waals surface area contributed by atoms with Gasteiger partial charge in [0.2, 0.25) is 11.7 Å². The van der Waals surface area contributed by atoms with Crippen molar-refractivity contribution in [2.75, 3.05) is 21.3 Å². The molecular formula is C29H33FN4O5. The molecule has 0 unspecified atom stereocenters. The van der Waals surface area contributed by atoms with E-state index in [4.69, 9.17) is 14.2 Å². The van der Waals surface area contributed by atoms with Gasteiger partial charge in [0, 0.05) is 25.0 Å². The summed E-state index contributed by atoms with van der Waals surface area (Å²) in [6, 6.07) is 8.01. The van der Waals surface area contributed by atoms with Gasteiger partial charge in [0.05, 0.1) is 27.5 Å². The molecule has 0 bridgehead atoms. The van der Waals surface area contributed by atoms with Gasteiger partial charge >= 0.3 is 0 Å². The normalized spacial score (nSPS) is 14.3. The summed E-state index contributed by atoms with van der Waals surface area (Å²) in [7, 11) is 4.46. The molecule has 2 amide bonds. The van der Waals surface area contributed by atoms with Crippen LogP contribution in [0.15, 0.2) is 55.0 Å². The van der Waals surface area contributed by atoms with E-state index in [0.29, 0.717) is 28.4 Å². The lowest BCUT2D eigenvalue weighted by molar-refractivity contribution is -0.127. The van der Waals surface area contributed by atoms with Gasteiger partial charge in [-0.15, -0.1) is 0 Å². The van der Waals surface area contributed by atoms with Crippen molar-refractivity contribution in [3.05, 3.63) is 77.6 Å². The fraction of sp³-hybridized carbons (Fsp3) is 0.379. The van der Waals surface area contributed by atoms with Crippen LogP contribution in [-0.2, 0) is 11.3 Å². The summed E-state index contributed by atoms with van der Waals surface area (Å²) in [5.41, 5.74) is 1.16. The Morgan fingerprint density at radius 1 is 1.00 bits per heavy atom. The highest BCUT2D eigenvalue weighted by molar-refractivity contribution is 5.96. The van der Waals surface area contributed by atoms with Gasteiger partial charge in [-0.05, 0) is 48.2 Å². The molecule has 1 N–H and O–H groups in total. The molecule has 1 aliphatic carbocycles. The van der Waals surface area contributed by atoms with Crippen LogP contribution in [0.25, 0.3) is 0 Å². The molecule has 0 saturated heterocycles. The molecule has 1 aliphatic rings. The van der Waals surface area contributed by atoms with Crippen LogP contribution in [0.3, 0.4) is 0 Å². The highest BCUT2D eigenvalue weighted by Gasteiger charge is 2.35. The van der Waals surface area contributed by atoms with E-state index in [0.717, 1.165) is 32.1 Å². The summed E-state index contributed by atoms with van der Waals surface area (Å²) in [5.74, 6) is -0.213. The average molecular weight is 537 g/mol. The minimum Gasteiger partial charge on any atom is -0.493 e. The van der Waals surface area contributed by atoms with Crippen LogP contribution in [0, 0.1) is 5.82 Å². The maximum absolute atomic E-state index is 14.1. The Bertz CT molecular complexity index is 1240. The standard InChI is InChI=1S/C29H33FN4O5/c1-37-24-15-20(16-25(38-2)27(24)39-3)26(28(35)33-22-7-5-4-6-8-22)34(18-19-9-11-21(30)12-10-19)29(36)23-17-31-13-14-32-23/h9-17,22,26H,4-8,18H2,1-3H3,(H,33,35)/t26-/m0/s1. The highest BCUT2D eigenvalue weighted by Crippen LogP contribution is 2.41. The molecule has 0 aliphatic heterocycles. The van der Waals surface area contributed by atoms with Gasteiger partial charge in [-0.2, -0.15) is 0 Å². The number of benzene rings is 2. The number of aromatic nitrogens is 2. The first-order valence-corrected chi connectivity index (χ1v) is 12.9. The molecule has 2 aromatic carbocycles. The van der Waals surface area contributed by atoms with Crippen molar-refractivity contribution in [3.8, 4) is 17.2 Å². The summed E-state index contributed by atoms with van der Waals surface area (Å²) in [4.78, 5) is 37.7. The van der Waals surface area contributed by atoms with E-state index in [1.807, 2.05) is 0 Å². The number of ether oxygens (including phenoxy) is 3. The lowest BCUT2D eigenvalue weighted by atomic mass is 9.94. The average Bonchev–Trinajstić information content (AvgIpc) is 2.97. The Hall–Kier alpha value is -4.21. The maximum Gasteiger partial charge on any atom is 0.275 e. The predicted octanol–water partition coefficient (Wildman–Crippen LogP) is 4.47. The van der Waals surface area contributed by atoms with Gasteiger partial charge < -0.3 is 24.4 Å². The summed E-state index contributed by atoms with van der Waals surface area (Å²) in [6.07, 6.45) is 9.14. The Morgan fingerprint density at radius 2 is 1.67 bits per heavy atom. The molecule has 10 heteroatoms. The van der Waals surface area contributed by atoms with Crippen molar-refractivity contribution in [1.29, 1.82) is 0 Å². The maximum atomic E-state index is 14.1. The van der Waals surface area contributed by atoms with Gasteiger partial charge in [-0.25, -0.2) is 9.37 Å². The number of halogens is 1. The summed E-state index contributed by atoms with van der Waals surface area (Å²) in [5, 5.41) is 3.16. The highest BCUT2D eigenvalue weighted by atomic mass is 19.1. The van der Waals surface area contributed by atoms with E-state index < -0.39 is 17.8 Å². The van der Waals surface area contributed by atoms with Crippen molar-refractivity contribution in [2.45, 2.75) is 50.7 Å². The van der Waals surface area contributed by atoms with E-state index in [1.165, 1.54) is 57.0 Å². The number of nitrogens with zero attached hydrogens (tertiary/aromatic N) is 3. The van der Waals surface area contributed by atoms with Crippen LogP contribution >= 0.6 is 0 Å². The molecule has 1 aromatic heterocycles. The van der Waals surface area contributed by atoms with Crippen molar-refractivity contribution < 1.29 is 28.2 Å². The number of methoxy groups -OCH3 is 3. The Balaban J connectivity index is 1.84. The molecule has 1 saturated carbocycles. The zero-order valence-corrected chi connectivity index (χ0v) is 22.4. The Morgan fingerprint density at radius 3 is 2.23 bits per heavy atom. The third kappa shape index (κ3) is 6.63. The molecule has 4 rings (SSSR count). The lowest BCUT2D eigenvalue weighted by Crippen LogP contribution is -2.47. The molecule has 39 heavy (non-hydrogen) atoms. The lowest BCUT2D eigenvalue weighted by Gasteiger charge is -2.33. The molecule has 3 aromatic rings. The Kier molecular flexibility index (Phi) is 9.30. The van der Waals surface area contributed by atoms with Crippen molar-refractivity contribution in [3.63, 3.8) is 0 Å². The number of hydrogen-bond donors (Lipinski definition) is 1. The van der Waals surface area contributed by atoms with Gasteiger partial charge in [0.25, 0.3) is 5.91 Å². The first-order valence-electron chi connectivity index (χ1n) is 12.9. The van der Waals surface area contributed by atoms with Crippen LogP contribution in [0.4, 0.5) is 4.39 Å². The molecule has 0 radical (unpaired) electrons. The number of amides is 2. The molecule has 1 atom stereocenters. The second-order valence-corrected chi connectivity index (χ2v) is 9.35. The molecule has 1 fully saturated rings. The van der Waals surface area contributed by atoms with Crippen LogP contribution in [0.5, 0.6) is 17.2 Å². The molecule has 9 nitrogen and oxygen atoms in total. The summed E-state index contributed by atoms with van der Waals surface area (Å²) in [6.45, 7) is 0.00903. The third-order valence-electron chi connectivity index (χ3n) is 6.82. The number of nitrogens with one attached hydrogen (secondary N) is 1. The van der Waals surface area contributed by atoms with E-state index >= 15 is 0 Å². The van der Waals surface area contributed by atoms with E-state index in [9.17, 15) is 14.0 Å². The first-order chi connectivity index (χ1) is 18.9. The number of rotatable bonds is 10. The van der Waals surface area contributed by atoms with Crippen LogP contribution in [0.2, 0.25) is 0 Å².